The summed E-state index contributed by atoms with van der Waals surface area (Å²) in [4.78, 5) is 26.0. The van der Waals surface area contributed by atoms with Crippen LogP contribution in [0.3, 0.4) is 0 Å². The van der Waals surface area contributed by atoms with Crippen molar-refractivity contribution in [3.8, 4) is 0 Å². The minimum Gasteiger partial charge on any atom is -0.478 e. The monoisotopic (exact) mass is 287 g/mol. The van der Waals surface area contributed by atoms with Gasteiger partial charge in [0.2, 0.25) is 5.91 Å². The molecule has 1 amide bonds. The van der Waals surface area contributed by atoms with E-state index in [1.165, 1.54) is 4.88 Å². The number of fused-ring (bicyclic) bond motifs is 1. The lowest BCUT2D eigenvalue weighted by molar-refractivity contribution is -0.117. The van der Waals surface area contributed by atoms with Gasteiger partial charge >= 0.3 is 5.97 Å². The number of hydrogen-bond acceptors (Lipinski definition) is 3. The quantitative estimate of drug-likeness (QED) is 0.940. The third-order valence-electron chi connectivity index (χ3n) is 3.43. The maximum absolute atomic E-state index is 12.1. The third-order valence-corrected chi connectivity index (χ3v) is 4.36. The Morgan fingerprint density at radius 1 is 1.35 bits per heavy atom. The van der Waals surface area contributed by atoms with Gasteiger partial charge in [0, 0.05) is 17.1 Å². The van der Waals surface area contributed by atoms with Crippen LogP contribution in [-0.2, 0) is 17.6 Å². The van der Waals surface area contributed by atoms with Crippen molar-refractivity contribution in [2.75, 3.05) is 11.4 Å². The van der Waals surface area contributed by atoms with Gasteiger partial charge in [0.15, 0.2) is 0 Å². The summed E-state index contributed by atoms with van der Waals surface area (Å²) in [7, 11) is 0. The average Bonchev–Trinajstić information content (AvgIpc) is 3.02. The molecule has 1 aliphatic rings. The summed E-state index contributed by atoms with van der Waals surface area (Å²) in [5.74, 6) is -0.926. The molecular weight excluding hydrogens is 274 g/mol. The van der Waals surface area contributed by atoms with Crippen LogP contribution in [0, 0.1) is 0 Å². The second-order valence-electron chi connectivity index (χ2n) is 4.70. The lowest BCUT2D eigenvalue weighted by Gasteiger charge is -2.17. The molecule has 1 N–H and O–H groups in total. The smallest absolute Gasteiger partial charge is 0.335 e. The van der Waals surface area contributed by atoms with Crippen LogP contribution in [0.15, 0.2) is 35.7 Å². The highest BCUT2D eigenvalue weighted by Gasteiger charge is 2.27. The Morgan fingerprint density at radius 3 is 2.90 bits per heavy atom. The highest BCUT2D eigenvalue weighted by molar-refractivity contribution is 7.09. The summed E-state index contributed by atoms with van der Waals surface area (Å²) in [6, 6.07) is 8.91. The number of nitrogens with zero attached hydrogens (tertiary/aromatic N) is 1. The summed E-state index contributed by atoms with van der Waals surface area (Å²) in [5, 5.41) is 11.1. The van der Waals surface area contributed by atoms with Crippen molar-refractivity contribution in [1.82, 2.24) is 0 Å². The largest absolute Gasteiger partial charge is 0.478 e. The number of rotatable bonds is 4. The predicted molar refractivity (Wildman–Crippen MR) is 77.5 cm³/mol. The van der Waals surface area contributed by atoms with E-state index in [9.17, 15) is 9.59 Å². The topological polar surface area (TPSA) is 57.6 Å². The van der Waals surface area contributed by atoms with Gasteiger partial charge < -0.3 is 10.0 Å². The van der Waals surface area contributed by atoms with Gasteiger partial charge in [-0.25, -0.2) is 4.79 Å². The fourth-order valence-corrected chi connectivity index (χ4v) is 3.11. The second-order valence-corrected chi connectivity index (χ2v) is 5.73. The summed E-state index contributed by atoms with van der Waals surface area (Å²) >= 11 is 1.66. The van der Waals surface area contributed by atoms with Crippen molar-refractivity contribution in [3.63, 3.8) is 0 Å². The zero-order chi connectivity index (χ0) is 14.1. The van der Waals surface area contributed by atoms with E-state index in [1.807, 2.05) is 17.5 Å². The minimum atomic E-state index is -0.967. The molecule has 3 rings (SSSR count). The van der Waals surface area contributed by atoms with Crippen LogP contribution in [-0.4, -0.2) is 23.5 Å². The summed E-state index contributed by atoms with van der Waals surface area (Å²) in [6.45, 7) is 0.593. The van der Waals surface area contributed by atoms with Gasteiger partial charge in [0.1, 0.15) is 0 Å². The van der Waals surface area contributed by atoms with Crippen molar-refractivity contribution in [1.29, 1.82) is 0 Å². The molecule has 0 aliphatic carbocycles. The molecule has 2 heterocycles. The molecule has 0 fully saturated rings. The Hall–Kier alpha value is -2.14. The van der Waals surface area contributed by atoms with Crippen LogP contribution < -0.4 is 4.90 Å². The predicted octanol–water partition coefficient (Wildman–Crippen LogP) is 2.58. The molecule has 1 aromatic carbocycles. The van der Waals surface area contributed by atoms with E-state index >= 15 is 0 Å². The first kappa shape index (κ1) is 12.9. The number of carboxylic acid groups (broad SMARTS) is 1. The molecule has 4 nitrogen and oxygen atoms in total. The molecule has 1 aromatic heterocycles. The molecule has 0 saturated heterocycles. The van der Waals surface area contributed by atoms with Crippen molar-refractivity contribution >= 4 is 28.9 Å². The zero-order valence-corrected chi connectivity index (χ0v) is 11.5. The highest BCUT2D eigenvalue weighted by atomic mass is 32.1. The molecule has 0 atom stereocenters. The zero-order valence-electron chi connectivity index (χ0n) is 10.7. The van der Waals surface area contributed by atoms with Crippen molar-refractivity contribution in [2.24, 2.45) is 0 Å². The molecule has 0 radical (unpaired) electrons. The van der Waals surface area contributed by atoms with Gasteiger partial charge in [-0.15, -0.1) is 11.3 Å². The summed E-state index contributed by atoms with van der Waals surface area (Å²) < 4.78 is 0. The first-order chi connectivity index (χ1) is 9.65. The Balaban J connectivity index is 1.84. The number of amides is 1. The molecular formula is C15H13NO3S. The van der Waals surface area contributed by atoms with Crippen molar-refractivity contribution in [2.45, 2.75) is 12.8 Å². The van der Waals surface area contributed by atoms with E-state index in [0.29, 0.717) is 13.0 Å². The molecule has 0 spiro atoms. The molecule has 20 heavy (non-hydrogen) atoms. The van der Waals surface area contributed by atoms with Gasteiger partial charge in [-0.3, -0.25) is 4.79 Å². The molecule has 5 heteroatoms. The molecule has 0 bridgehead atoms. The van der Waals surface area contributed by atoms with Gasteiger partial charge in [0.25, 0.3) is 0 Å². The first-order valence-electron chi connectivity index (χ1n) is 6.34. The van der Waals surface area contributed by atoms with Crippen LogP contribution in [0.5, 0.6) is 0 Å². The van der Waals surface area contributed by atoms with Crippen LogP contribution >= 0.6 is 11.3 Å². The van der Waals surface area contributed by atoms with Crippen LogP contribution in [0.2, 0.25) is 0 Å². The number of anilines is 1. The minimum absolute atomic E-state index is 0.0408. The van der Waals surface area contributed by atoms with E-state index in [-0.39, 0.29) is 11.5 Å². The fourth-order valence-electron chi connectivity index (χ4n) is 2.41. The lowest BCUT2D eigenvalue weighted by Crippen LogP contribution is -2.28. The number of carbonyl (C=O) groups excluding carboxylic acids is 1. The molecule has 0 unspecified atom stereocenters. The van der Waals surface area contributed by atoms with Gasteiger partial charge in [0.05, 0.1) is 12.0 Å². The average molecular weight is 287 g/mol. The molecule has 1 aliphatic heterocycles. The number of hydrogen-bond donors (Lipinski definition) is 1. The number of carboxylic acids is 1. The van der Waals surface area contributed by atoms with Crippen LogP contribution in [0.1, 0.15) is 20.8 Å². The number of carbonyl (C=O) groups is 2. The molecule has 2 aromatic rings. The van der Waals surface area contributed by atoms with E-state index in [4.69, 9.17) is 5.11 Å². The SMILES string of the molecule is O=C(O)c1ccc2c(c1)N(CCc1cccs1)C(=O)C2. The summed E-state index contributed by atoms with van der Waals surface area (Å²) in [5.41, 5.74) is 1.87. The van der Waals surface area contributed by atoms with E-state index < -0.39 is 5.97 Å². The lowest BCUT2D eigenvalue weighted by atomic mass is 10.1. The van der Waals surface area contributed by atoms with Crippen molar-refractivity contribution < 1.29 is 14.7 Å². The molecule has 0 saturated carbocycles. The standard InChI is InChI=1S/C15H13NO3S/c17-14-9-10-3-4-11(15(18)19)8-13(10)16(14)6-5-12-2-1-7-20-12/h1-4,7-8H,5-6,9H2,(H,18,19). The maximum atomic E-state index is 12.1. The highest BCUT2D eigenvalue weighted by Crippen LogP contribution is 2.30. The first-order valence-corrected chi connectivity index (χ1v) is 7.22. The Morgan fingerprint density at radius 2 is 2.20 bits per heavy atom. The van der Waals surface area contributed by atoms with E-state index in [0.717, 1.165) is 17.7 Å². The number of thiophene rings is 1. The second kappa shape index (κ2) is 5.09. The normalized spacial score (nSPS) is 13.6. The van der Waals surface area contributed by atoms with Gasteiger partial charge in [-0.1, -0.05) is 12.1 Å². The van der Waals surface area contributed by atoms with E-state index in [1.54, 1.807) is 34.4 Å². The molecule has 102 valence electrons. The van der Waals surface area contributed by atoms with Crippen LogP contribution in [0.4, 0.5) is 5.69 Å². The maximum Gasteiger partial charge on any atom is 0.335 e. The number of benzene rings is 1. The fraction of sp³-hybridized carbons (Fsp3) is 0.200. The Labute approximate surface area is 120 Å². The van der Waals surface area contributed by atoms with Gasteiger partial charge in [-0.2, -0.15) is 0 Å². The van der Waals surface area contributed by atoms with Crippen molar-refractivity contribution in [3.05, 3.63) is 51.7 Å². The Kier molecular flexibility index (Phi) is 3.28. The Bertz CT molecular complexity index is 664. The summed E-state index contributed by atoms with van der Waals surface area (Å²) in [6.07, 6.45) is 1.15. The van der Waals surface area contributed by atoms with Crippen LogP contribution in [0.25, 0.3) is 0 Å². The third kappa shape index (κ3) is 2.32. The number of aromatic carboxylic acids is 1. The van der Waals surface area contributed by atoms with E-state index in [2.05, 4.69) is 0 Å². The van der Waals surface area contributed by atoms with Gasteiger partial charge in [-0.05, 0) is 35.6 Å².